The number of nitrogens with one attached hydrogen (secondary N) is 1. The third-order valence-electron chi connectivity index (χ3n) is 2.98. The standard InChI is InChI=1S/C14H16FN3/c1-8-7-11(5-6-12(8)15)13-14(16-4)18-10(3)9(2)17-13/h5-7H,1-4H3,(H,16,18). The Kier molecular flexibility index (Phi) is 3.28. The predicted octanol–water partition coefficient (Wildman–Crippen LogP) is 3.25. The maximum Gasteiger partial charge on any atom is 0.152 e. The van der Waals surface area contributed by atoms with Crippen LogP contribution in [0.3, 0.4) is 0 Å². The summed E-state index contributed by atoms with van der Waals surface area (Å²) in [5, 5.41) is 3.03. The molecule has 0 aliphatic carbocycles. The number of benzene rings is 1. The van der Waals surface area contributed by atoms with E-state index >= 15 is 0 Å². The van der Waals surface area contributed by atoms with Gasteiger partial charge in [0.1, 0.15) is 11.5 Å². The minimum absolute atomic E-state index is 0.207. The Labute approximate surface area is 106 Å². The molecule has 94 valence electrons. The molecule has 0 fully saturated rings. The van der Waals surface area contributed by atoms with Crippen molar-refractivity contribution < 1.29 is 4.39 Å². The molecule has 0 spiro atoms. The van der Waals surface area contributed by atoms with Gasteiger partial charge in [-0.1, -0.05) is 0 Å². The molecule has 2 rings (SSSR count). The van der Waals surface area contributed by atoms with Crippen molar-refractivity contribution in [3.8, 4) is 11.3 Å². The lowest BCUT2D eigenvalue weighted by molar-refractivity contribution is 0.618. The zero-order valence-corrected chi connectivity index (χ0v) is 11.0. The fraction of sp³-hybridized carbons (Fsp3) is 0.286. The van der Waals surface area contributed by atoms with Gasteiger partial charge in [0.2, 0.25) is 0 Å². The van der Waals surface area contributed by atoms with Gasteiger partial charge in [0, 0.05) is 12.6 Å². The summed E-state index contributed by atoms with van der Waals surface area (Å²) in [5.74, 6) is 0.505. The van der Waals surface area contributed by atoms with Crippen LogP contribution in [0.5, 0.6) is 0 Å². The number of aryl methyl sites for hydroxylation is 3. The first-order chi connectivity index (χ1) is 8.52. The highest BCUT2D eigenvalue weighted by molar-refractivity contribution is 5.72. The van der Waals surface area contributed by atoms with E-state index in [1.807, 2.05) is 13.8 Å². The molecule has 0 unspecified atom stereocenters. The van der Waals surface area contributed by atoms with Crippen molar-refractivity contribution in [2.45, 2.75) is 20.8 Å². The highest BCUT2D eigenvalue weighted by Crippen LogP contribution is 2.26. The molecule has 0 saturated carbocycles. The number of aromatic nitrogens is 2. The normalized spacial score (nSPS) is 10.5. The van der Waals surface area contributed by atoms with E-state index in [4.69, 9.17) is 0 Å². The minimum atomic E-state index is -0.207. The van der Waals surface area contributed by atoms with Crippen LogP contribution in [-0.2, 0) is 0 Å². The Balaban J connectivity index is 2.62. The van der Waals surface area contributed by atoms with Crippen LogP contribution in [0.15, 0.2) is 18.2 Å². The molecule has 0 aliphatic rings. The largest absolute Gasteiger partial charge is 0.371 e. The number of hydrogen-bond donors (Lipinski definition) is 1. The van der Waals surface area contributed by atoms with Gasteiger partial charge in [0.25, 0.3) is 0 Å². The molecule has 0 radical (unpaired) electrons. The smallest absolute Gasteiger partial charge is 0.152 e. The Morgan fingerprint density at radius 3 is 2.33 bits per heavy atom. The van der Waals surface area contributed by atoms with Crippen molar-refractivity contribution in [1.29, 1.82) is 0 Å². The zero-order chi connectivity index (χ0) is 13.3. The number of hydrogen-bond acceptors (Lipinski definition) is 3. The lowest BCUT2D eigenvalue weighted by Crippen LogP contribution is -2.03. The van der Waals surface area contributed by atoms with Gasteiger partial charge in [-0.3, -0.25) is 0 Å². The first-order valence-corrected chi connectivity index (χ1v) is 5.82. The van der Waals surface area contributed by atoms with E-state index in [2.05, 4.69) is 15.3 Å². The fourth-order valence-corrected chi connectivity index (χ4v) is 1.77. The van der Waals surface area contributed by atoms with Crippen molar-refractivity contribution >= 4 is 5.82 Å². The topological polar surface area (TPSA) is 37.8 Å². The van der Waals surface area contributed by atoms with Gasteiger partial charge < -0.3 is 5.32 Å². The first-order valence-electron chi connectivity index (χ1n) is 5.82. The second-order valence-corrected chi connectivity index (χ2v) is 4.31. The molecule has 1 aromatic heterocycles. The molecule has 4 heteroatoms. The van der Waals surface area contributed by atoms with Gasteiger partial charge in [0.15, 0.2) is 5.82 Å². The van der Waals surface area contributed by atoms with E-state index in [0.29, 0.717) is 11.4 Å². The van der Waals surface area contributed by atoms with Crippen LogP contribution in [-0.4, -0.2) is 17.0 Å². The van der Waals surface area contributed by atoms with Crippen LogP contribution in [0.4, 0.5) is 10.2 Å². The second kappa shape index (κ2) is 4.72. The third-order valence-corrected chi connectivity index (χ3v) is 2.98. The van der Waals surface area contributed by atoms with Gasteiger partial charge >= 0.3 is 0 Å². The molecule has 0 amide bonds. The van der Waals surface area contributed by atoms with E-state index in [1.165, 1.54) is 6.07 Å². The number of nitrogens with zero attached hydrogens (tertiary/aromatic N) is 2. The summed E-state index contributed by atoms with van der Waals surface area (Å²) in [6, 6.07) is 4.97. The quantitative estimate of drug-likeness (QED) is 0.882. The fourth-order valence-electron chi connectivity index (χ4n) is 1.77. The maximum atomic E-state index is 13.3. The Bertz CT molecular complexity index is 594. The summed E-state index contributed by atoms with van der Waals surface area (Å²) < 4.78 is 13.3. The number of anilines is 1. The second-order valence-electron chi connectivity index (χ2n) is 4.31. The van der Waals surface area contributed by atoms with E-state index in [0.717, 1.165) is 22.6 Å². The van der Waals surface area contributed by atoms with Crippen LogP contribution in [0, 0.1) is 26.6 Å². The molecule has 1 aromatic carbocycles. The molecule has 0 aliphatic heterocycles. The molecule has 0 atom stereocenters. The number of halogens is 1. The van der Waals surface area contributed by atoms with Crippen molar-refractivity contribution in [1.82, 2.24) is 9.97 Å². The summed E-state index contributed by atoms with van der Waals surface area (Å²) in [4.78, 5) is 8.99. The van der Waals surface area contributed by atoms with Crippen molar-refractivity contribution in [2.75, 3.05) is 12.4 Å². The van der Waals surface area contributed by atoms with Gasteiger partial charge in [-0.2, -0.15) is 0 Å². The van der Waals surface area contributed by atoms with Crippen molar-refractivity contribution in [3.05, 3.63) is 41.0 Å². The maximum absolute atomic E-state index is 13.3. The molecular weight excluding hydrogens is 229 g/mol. The Hall–Kier alpha value is -1.97. The summed E-state index contributed by atoms with van der Waals surface area (Å²) in [7, 11) is 1.80. The molecule has 1 heterocycles. The van der Waals surface area contributed by atoms with Crippen LogP contribution in [0.1, 0.15) is 17.0 Å². The van der Waals surface area contributed by atoms with Gasteiger partial charge in [-0.15, -0.1) is 0 Å². The van der Waals surface area contributed by atoms with Gasteiger partial charge in [0.05, 0.1) is 11.4 Å². The molecule has 18 heavy (non-hydrogen) atoms. The molecule has 3 nitrogen and oxygen atoms in total. The molecular formula is C14H16FN3. The van der Waals surface area contributed by atoms with Crippen LogP contribution >= 0.6 is 0 Å². The summed E-state index contributed by atoms with van der Waals surface area (Å²) in [6.45, 7) is 5.58. The Morgan fingerprint density at radius 1 is 1.06 bits per heavy atom. The Morgan fingerprint density at radius 2 is 1.72 bits per heavy atom. The van der Waals surface area contributed by atoms with E-state index < -0.39 is 0 Å². The van der Waals surface area contributed by atoms with Crippen LogP contribution in [0.2, 0.25) is 0 Å². The number of rotatable bonds is 2. The third kappa shape index (κ3) is 2.18. The molecule has 2 aromatic rings. The van der Waals surface area contributed by atoms with Gasteiger partial charge in [-0.25, -0.2) is 14.4 Å². The summed E-state index contributed by atoms with van der Waals surface area (Å²) >= 11 is 0. The first kappa shape index (κ1) is 12.5. The molecule has 1 N–H and O–H groups in total. The van der Waals surface area contributed by atoms with Crippen molar-refractivity contribution in [2.24, 2.45) is 0 Å². The van der Waals surface area contributed by atoms with Crippen LogP contribution < -0.4 is 5.32 Å². The predicted molar refractivity (Wildman–Crippen MR) is 71.2 cm³/mol. The van der Waals surface area contributed by atoms with Crippen molar-refractivity contribution in [3.63, 3.8) is 0 Å². The van der Waals surface area contributed by atoms with E-state index in [-0.39, 0.29) is 5.82 Å². The summed E-state index contributed by atoms with van der Waals surface area (Å²) in [6.07, 6.45) is 0. The summed E-state index contributed by atoms with van der Waals surface area (Å²) in [5.41, 5.74) is 4.00. The molecule has 0 bridgehead atoms. The van der Waals surface area contributed by atoms with E-state index in [1.54, 1.807) is 26.1 Å². The van der Waals surface area contributed by atoms with Crippen LogP contribution in [0.25, 0.3) is 11.3 Å². The highest BCUT2D eigenvalue weighted by atomic mass is 19.1. The zero-order valence-electron chi connectivity index (χ0n) is 11.0. The molecule has 0 saturated heterocycles. The lowest BCUT2D eigenvalue weighted by Gasteiger charge is -2.11. The average molecular weight is 245 g/mol. The average Bonchev–Trinajstić information content (AvgIpc) is 2.35. The minimum Gasteiger partial charge on any atom is -0.371 e. The SMILES string of the molecule is CNc1nc(C)c(C)nc1-c1ccc(F)c(C)c1. The highest BCUT2D eigenvalue weighted by Gasteiger charge is 2.11. The lowest BCUT2D eigenvalue weighted by atomic mass is 10.1. The van der Waals surface area contributed by atoms with E-state index in [9.17, 15) is 4.39 Å². The van der Waals surface area contributed by atoms with Gasteiger partial charge in [-0.05, 0) is 44.5 Å². The monoisotopic (exact) mass is 245 g/mol.